The van der Waals surface area contributed by atoms with Gasteiger partial charge in [-0.2, -0.15) is 0 Å². The first kappa shape index (κ1) is 20.1. The fourth-order valence-corrected chi connectivity index (χ4v) is 3.97. The van der Waals surface area contributed by atoms with Gasteiger partial charge in [0.15, 0.2) is 6.29 Å². The van der Waals surface area contributed by atoms with Gasteiger partial charge in [-0.15, -0.1) is 0 Å². The first-order chi connectivity index (χ1) is 11.9. The van der Waals surface area contributed by atoms with Crippen molar-refractivity contribution >= 4 is 27.6 Å². The predicted octanol–water partition coefficient (Wildman–Crippen LogP) is 2.34. The highest BCUT2D eigenvalue weighted by atomic mass is 35.5. The summed E-state index contributed by atoms with van der Waals surface area (Å²) in [7, 11) is -2.62. The van der Waals surface area contributed by atoms with E-state index in [0.29, 0.717) is 19.6 Å². The molecule has 0 aliphatic carbocycles. The molecule has 9 heteroatoms. The number of ether oxygens (including phenoxy) is 3. The lowest BCUT2D eigenvalue weighted by Crippen LogP contribution is -2.27. The van der Waals surface area contributed by atoms with Gasteiger partial charge in [-0.1, -0.05) is 11.6 Å². The largest absolute Gasteiger partial charge is 0.465 e. The molecule has 0 aromatic heterocycles. The molecule has 0 amide bonds. The van der Waals surface area contributed by atoms with Crippen molar-refractivity contribution in [3.05, 3.63) is 28.8 Å². The first-order valence-electron chi connectivity index (χ1n) is 8.05. The van der Waals surface area contributed by atoms with E-state index in [2.05, 4.69) is 9.46 Å². The molecule has 0 bridgehead atoms. The van der Waals surface area contributed by atoms with E-state index in [0.717, 1.165) is 19.3 Å². The Labute approximate surface area is 152 Å². The Kier molecular flexibility index (Phi) is 7.64. The van der Waals surface area contributed by atoms with Crippen LogP contribution >= 0.6 is 11.6 Å². The van der Waals surface area contributed by atoms with Crippen molar-refractivity contribution in [2.75, 3.05) is 26.9 Å². The lowest BCUT2D eigenvalue weighted by Gasteiger charge is -2.22. The molecule has 1 unspecified atom stereocenters. The second-order valence-corrected chi connectivity index (χ2v) is 7.70. The molecule has 1 fully saturated rings. The summed E-state index contributed by atoms with van der Waals surface area (Å²) in [5.41, 5.74) is 0.116. The Morgan fingerprint density at radius 2 is 2.20 bits per heavy atom. The number of halogens is 1. The Morgan fingerprint density at radius 3 is 2.88 bits per heavy atom. The number of hydrogen-bond donors (Lipinski definition) is 1. The average Bonchev–Trinajstić information content (AvgIpc) is 2.61. The molecule has 1 atom stereocenters. The summed E-state index contributed by atoms with van der Waals surface area (Å²) in [6, 6.07) is 3.96. The second-order valence-electron chi connectivity index (χ2n) is 5.56. The molecule has 1 aliphatic heterocycles. The molecular formula is C16H22ClNO6S. The zero-order valence-electron chi connectivity index (χ0n) is 14.0. The third-order valence-corrected chi connectivity index (χ3v) is 5.64. The minimum atomic E-state index is -3.84. The summed E-state index contributed by atoms with van der Waals surface area (Å²) < 4.78 is 42.8. The normalized spacial score (nSPS) is 18.1. The van der Waals surface area contributed by atoms with E-state index in [1.54, 1.807) is 0 Å². The van der Waals surface area contributed by atoms with Gasteiger partial charge in [0, 0.05) is 13.2 Å². The number of sulfonamides is 1. The predicted molar refractivity (Wildman–Crippen MR) is 92.1 cm³/mol. The number of esters is 1. The van der Waals surface area contributed by atoms with E-state index >= 15 is 0 Å². The molecule has 25 heavy (non-hydrogen) atoms. The molecule has 1 aliphatic rings. The van der Waals surface area contributed by atoms with Gasteiger partial charge in [0.05, 0.1) is 24.3 Å². The average molecular weight is 392 g/mol. The van der Waals surface area contributed by atoms with Crippen LogP contribution < -0.4 is 4.72 Å². The maximum Gasteiger partial charge on any atom is 0.337 e. The van der Waals surface area contributed by atoms with Crippen LogP contribution in [0.25, 0.3) is 0 Å². The van der Waals surface area contributed by atoms with Crippen molar-refractivity contribution in [2.45, 2.75) is 36.9 Å². The monoisotopic (exact) mass is 391 g/mol. The quantitative estimate of drug-likeness (QED) is 0.540. The molecule has 140 valence electrons. The molecule has 0 spiro atoms. The van der Waals surface area contributed by atoms with Crippen LogP contribution in [0.15, 0.2) is 23.1 Å². The zero-order valence-corrected chi connectivity index (χ0v) is 15.6. The molecule has 1 aromatic carbocycles. The highest BCUT2D eigenvalue weighted by Crippen LogP contribution is 2.23. The third kappa shape index (κ3) is 5.93. The first-order valence-corrected chi connectivity index (χ1v) is 9.91. The van der Waals surface area contributed by atoms with Crippen LogP contribution in [0.1, 0.15) is 36.0 Å². The van der Waals surface area contributed by atoms with E-state index in [4.69, 9.17) is 21.1 Å². The van der Waals surface area contributed by atoms with E-state index in [-0.39, 0.29) is 28.3 Å². The topological polar surface area (TPSA) is 90.9 Å². The summed E-state index contributed by atoms with van der Waals surface area (Å²) in [5, 5.41) is 0.0343. The Bertz CT molecular complexity index is 688. The number of carbonyl (C=O) groups excluding carboxylic acids is 1. The van der Waals surface area contributed by atoms with Crippen molar-refractivity contribution in [3.63, 3.8) is 0 Å². The molecule has 0 radical (unpaired) electrons. The Morgan fingerprint density at radius 1 is 1.40 bits per heavy atom. The minimum Gasteiger partial charge on any atom is -0.465 e. The summed E-state index contributed by atoms with van der Waals surface area (Å²) in [4.78, 5) is 11.4. The molecule has 2 rings (SSSR count). The number of methoxy groups -OCH3 is 1. The summed E-state index contributed by atoms with van der Waals surface area (Å²) >= 11 is 5.96. The van der Waals surface area contributed by atoms with Crippen LogP contribution in [0.4, 0.5) is 0 Å². The van der Waals surface area contributed by atoms with Crippen LogP contribution in [0.5, 0.6) is 0 Å². The van der Waals surface area contributed by atoms with Gasteiger partial charge < -0.3 is 14.2 Å². The van der Waals surface area contributed by atoms with Crippen LogP contribution in [0.2, 0.25) is 5.02 Å². The van der Waals surface area contributed by atoms with Crippen LogP contribution in [0, 0.1) is 0 Å². The molecular weight excluding hydrogens is 370 g/mol. The molecule has 1 aromatic rings. The van der Waals surface area contributed by atoms with Crippen molar-refractivity contribution in [3.8, 4) is 0 Å². The van der Waals surface area contributed by atoms with Gasteiger partial charge in [0.25, 0.3) is 0 Å². The number of rotatable bonds is 8. The van der Waals surface area contributed by atoms with Crippen LogP contribution in [-0.2, 0) is 24.2 Å². The van der Waals surface area contributed by atoms with Gasteiger partial charge in [0.1, 0.15) is 4.90 Å². The van der Waals surface area contributed by atoms with Gasteiger partial charge in [-0.05, 0) is 43.9 Å². The fraction of sp³-hybridized carbons (Fsp3) is 0.562. The number of benzene rings is 1. The van der Waals surface area contributed by atoms with E-state index < -0.39 is 16.0 Å². The van der Waals surface area contributed by atoms with Gasteiger partial charge in [-0.25, -0.2) is 17.9 Å². The highest BCUT2D eigenvalue weighted by Gasteiger charge is 2.20. The molecule has 1 saturated heterocycles. The number of carbonyl (C=O) groups is 1. The highest BCUT2D eigenvalue weighted by molar-refractivity contribution is 7.89. The van der Waals surface area contributed by atoms with Gasteiger partial charge in [-0.3, -0.25) is 0 Å². The van der Waals surface area contributed by atoms with E-state index in [1.165, 1.54) is 25.3 Å². The van der Waals surface area contributed by atoms with E-state index in [9.17, 15) is 13.2 Å². The Balaban J connectivity index is 1.87. The van der Waals surface area contributed by atoms with Crippen molar-refractivity contribution in [1.29, 1.82) is 0 Å². The number of hydrogen-bond acceptors (Lipinski definition) is 6. The lowest BCUT2D eigenvalue weighted by molar-refractivity contribution is -0.162. The van der Waals surface area contributed by atoms with Gasteiger partial charge >= 0.3 is 5.97 Å². The Hall–Kier alpha value is -1.19. The van der Waals surface area contributed by atoms with Crippen LogP contribution in [0.3, 0.4) is 0 Å². The summed E-state index contributed by atoms with van der Waals surface area (Å²) in [6.45, 7) is 1.28. The molecule has 7 nitrogen and oxygen atoms in total. The SMILES string of the molecule is COC(=O)c1ccc(Cl)c(S(=O)(=O)NCCCOC2CCCCO2)c1. The van der Waals surface area contributed by atoms with Crippen molar-refractivity contribution in [2.24, 2.45) is 0 Å². The molecule has 1 N–H and O–H groups in total. The third-order valence-electron chi connectivity index (χ3n) is 3.70. The van der Waals surface area contributed by atoms with Crippen molar-refractivity contribution < 1.29 is 27.4 Å². The summed E-state index contributed by atoms with van der Waals surface area (Å²) in [5.74, 6) is -0.631. The number of nitrogens with one attached hydrogen (secondary N) is 1. The zero-order chi connectivity index (χ0) is 18.3. The maximum atomic E-state index is 12.4. The van der Waals surface area contributed by atoms with E-state index in [1.807, 2.05) is 0 Å². The molecule has 0 saturated carbocycles. The maximum absolute atomic E-state index is 12.4. The standard InChI is InChI=1S/C16H22ClNO6S/c1-22-16(19)12-6-7-13(17)14(11-12)25(20,21)18-8-4-10-24-15-5-2-3-9-23-15/h6-7,11,15,18H,2-5,8-10H2,1H3. The fourth-order valence-electron chi connectivity index (χ4n) is 2.37. The second kappa shape index (κ2) is 9.49. The summed E-state index contributed by atoms with van der Waals surface area (Å²) in [6.07, 6.45) is 3.28. The molecule has 1 heterocycles. The minimum absolute atomic E-state index is 0.0343. The van der Waals surface area contributed by atoms with Gasteiger partial charge in [0.2, 0.25) is 10.0 Å². The van der Waals surface area contributed by atoms with Crippen LogP contribution in [-0.4, -0.2) is 47.5 Å². The lowest BCUT2D eigenvalue weighted by atomic mass is 10.2. The van der Waals surface area contributed by atoms with Crippen molar-refractivity contribution in [1.82, 2.24) is 4.72 Å². The smallest absolute Gasteiger partial charge is 0.337 e.